The number of aromatic amines is 1. The van der Waals surface area contributed by atoms with Gasteiger partial charge in [-0.2, -0.15) is 9.97 Å². The lowest BCUT2D eigenvalue weighted by molar-refractivity contribution is -0.143. The molecule has 7 N–H and O–H groups in total. The van der Waals surface area contributed by atoms with Crippen LogP contribution >= 0.6 is 0 Å². The molecular weight excluding hydrogens is 506 g/mol. The van der Waals surface area contributed by atoms with Gasteiger partial charge >= 0.3 is 11.9 Å². The Morgan fingerprint density at radius 3 is 2.46 bits per heavy atom. The molecule has 206 valence electrons. The molecule has 2 aromatic heterocycles. The highest BCUT2D eigenvalue weighted by Gasteiger charge is 2.22. The van der Waals surface area contributed by atoms with Crippen LogP contribution in [0.2, 0.25) is 0 Å². The summed E-state index contributed by atoms with van der Waals surface area (Å²) in [5.74, 6) is -1.73. The van der Waals surface area contributed by atoms with Gasteiger partial charge in [0.2, 0.25) is 11.9 Å². The lowest BCUT2D eigenvalue weighted by Crippen LogP contribution is -2.42. The van der Waals surface area contributed by atoms with Gasteiger partial charge in [-0.15, -0.1) is 0 Å². The normalized spacial score (nSPS) is 11.7. The Kier molecular flexibility index (Phi) is 9.95. The van der Waals surface area contributed by atoms with E-state index >= 15 is 0 Å². The van der Waals surface area contributed by atoms with E-state index in [1.807, 2.05) is 18.3 Å². The molecule has 0 radical (unpaired) electrons. The number of H-pyrrole nitrogens is 1. The predicted octanol–water partition coefficient (Wildman–Crippen LogP) is 0.805. The van der Waals surface area contributed by atoms with Gasteiger partial charge < -0.3 is 36.6 Å². The lowest BCUT2D eigenvalue weighted by Gasteiger charge is -2.16. The summed E-state index contributed by atoms with van der Waals surface area (Å²) in [7, 11) is 2.44. The largest absolute Gasteiger partial charge is 0.467 e. The first-order valence-corrected chi connectivity index (χ1v) is 12.1. The highest BCUT2D eigenvalue weighted by atomic mass is 16.5. The van der Waals surface area contributed by atoms with Crippen molar-refractivity contribution in [3.8, 4) is 0 Å². The lowest BCUT2D eigenvalue weighted by atomic mass is 10.0. The maximum atomic E-state index is 12.8. The number of esters is 2. The van der Waals surface area contributed by atoms with Gasteiger partial charge in [-0.1, -0.05) is 12.1 Å². The standard InChI is InChI=1S/C26H31N7O6/c1-38-20(35)12-11-19(34)29-13-3-4-18(25(37)39-2)31-24(36)16-8-5-15(6-9-16)7-10-17-14-30-23-21(17)22(27)32-26(28)33-23/h5-6,8-9,11-12,14,18H,3-4,7,10,13H2,1-2H3,(H,29,34)(H,31,36)(H5,27,28,30,32,33)/b12-11+/t18-/m0/s1. The third-order valence-electron chi connectivity index (χ3n) is 5.89. The fraction of sp³-hybridized carbons (Fsp3) is 0.308. The Balaban J connectivity index is 1.52. The van der Waals surface area contributed by atoms with Crippen LogP contribution in [0.15, 0.2) is 42.6 Å². The molecule has 0 unspecified atom stereocenters. The highest BCUT2D eigenvalue weighted by Crippen LogP contribution is 2.24. The van der Waals surface area contributed by atoms with Crippen molar-refractivity contribution in [2.45, 2.75) is 31.7 Å². The number of hydrogen-bond donors (Lipinski definition) is 5. The molecule has 0 aliphatic heterocycles. The number of nitrogens with zero attached hydrogens (tertiary/aromatic N) is 2. The summed E-state index contributed by atoms with van der Waals surface area (Å²) < 4.78 is 9.22. The van der Waals surface area contributed by atoms with Gasteiger partial charge in [-0.3, -0.25) is 9.59 Å². The second-order valence-electron chi connectivity index (χ2n) is 8.54. The van der Waals surface area contributed by atoms with E-state index in [9.17, 15) is 19.2 Å². The third-order valence-corrected chi connectivity index (χ3v) is 5.89. The van der Waals surface area contributed by atoms with E-state index in [4.69, 9.17) is 16.2 Å². The number of nitrogens with two attached hydrogens (primary N) is 2. The molecule has 0 fully saturated rings. The number of carbonyl (C=O) groups is 4. The first-order chi connectivity index (χ1) is 18.7. The van der Waals surface area contributed by atoms with Crippen molar-refractivity contribution in [1.29, 1.82) is 0 Å². The number of benzene rings is 1. The molecule has 13 nitrogen and oxygen atoms in total. The molecule has 0 saturated carbocycles. The SMILES string of the molecule is COC(=O)/C=C/C(=O)NCCC[C@H](NC(=O)c1ccc(CCc2c[nH]c3nc(N)nc(N)c23)cc1)C(=O)OC. The molecule has 1 atom stereocenters. The number of fused-ring (bicyclic) bond motifs is 1. The number of nitrogens with one attached hydrogen (secondary N) is 3. The minimum atomic E-state index is -0.895. The monoisotopic (exact) mass is 537 g/mol. The number of hydrogen-bond acceptors (Lipinski definition) is 10. The van der Waals surface area contributed by atoms with Gasteiger partial charge in [-0.25, -0.2) is 9.59 Å². The second-order valence-corrected chi connectivity index (χ2v) is 8.54. The van der Waals surface area contributed by atoms with Crippen molar-refractivity contribution in [2.24, 2.45) is 0 Å². The Hall–Kier alpha value is -4.94. The molecule has 0 bridgehead atoms. The van der Waals surface area contributed by atoms with E-state index in [0.29, 0.717) is 36.3 Å². The van der Waals surface area contributed by atoms with Gasteiger partial charge in [0.1, 0.15) is 17.5 Å². The second kappa shape index (κ2) is 13.6. The zero-order valence-corrected chi connectivity index (χ0v) is 21.7. The van der Waals surface area contributed by atoms with Gasteiger partial charge in [0.05, 0.1) is 19.6 Å². The molecule has 3 aromatic rings. The van der Waals surface area contributed by atoms with Crippen LogP contribution in [0, 0.1) is 0 Å². The minimum absolute atomic E-state index is 0.105. The summed E-state index contributed by atoms with van der Waals surface area (Å²) in [6.07, 6.45) is 5.85. The third kappa shape index (κ3) is 8.02. The number of nitrogen functional groups attached to an aromatic ring is 2. The van der Waals surface area contributed by atoms with Crippen LogP contribution in [0.3, 0.4) is 0 Å². The van der Waals surface area contributed by atoms with Crippen LogP contribution in [-0.2, 0) is 36.7 Å². The molecule has 1 aromatic carbocycles. The topological polar surface area (TPSA) is 204 Å². The van der Waals surface area contributed by atoms with Crippen LogP contribution in [-0.4, -0.2) is 65.5 Å². The summed E-state index contributed by atoms with van der Waals surface area (Å²) in [6.45, 7) is 0.226. The molecule has 39 heavy (non-hydrogen) atoms. The van der Waals surface area contributed by atoms with Gasteiger partial charge in [-0.05, 0) is 48.9 Å². The first kappa shape index (κ1) is 28.6. The fourth-order valence-corrected chi connectivity index (χ4v) is 3.86. The Bertz CT molecular complexity index is 1370. The van der Waals surface area contributed by atoms with Crippen LogP contribution in [0.25, 0.3) is 11.0 Å². The Labute approximate surface area is 224 Å². The smallest absolute Gasteiger partial charge is 0.330 e. The van der Waals surface area contributed by atoms with E-state index in [1.54, 1.807) is 12.1 Å². The minimum Gasteiger partial charge on any atom is -0.467 e. The van der Waals surface area contributed by atoms with E-state index < -0.39 is 29.8 Å². The predicted molar refractivity (Wildman–Crippen MR) is 143 cm³/mol. The van der Waals surface area contributed by atoms with Crippen LogP contribution < -0.4 is 22.1 Å². The number of methoxy groups -OCH3 is 2. The summed E-state index contributed by atoms with van der Waals surface area (Å²) in [5.41, 5.74) is 14.6. The quantitative estimate of drug-likeness (QED) is 0.125. The molecular formula is C26H31N7O6. The summed E-state index contributed by atoms with van der Waals surface area (Å²) >= 11 is 0. The molecule has 3 rings (SSSR count). The first-order valence-electron chi connectivity index (χ1n) is 12.1. The Morgan fingerprint density at radius 1 is 1.03 bits per heavy atom. The molecule has 0 saturated heterocycles. The average molecular weight is 538 g/mol. The highest BCUT2D eigenvalue weighted by molar-refractivity contribution is 5.97. The summed E-state index contributed by atoms with van der Waals surface area (Å²) in [6, 6.07) is 6.15. The van der Waals surface area contributed by atoms with E-state index in [-0.39, 0.29) is 18.9 Å². The van der Waals surface area contributed by atoms with E-state index in [2.05, 4.69) is 30.3 Å². The van der Waals surface area contributed by atoms with Crippen molar-refractivity contribution in [2.75, 3.05) is 32.2 Å². The summed E-state index contributed by atoms with van der Waals surface area (Å²) in [4.78, 5) is 58.9. The number of aryl methyl sites for hydroxylation is 2. The zero-order valence-electron chi connectivity index (χ0n) is 21.7. The molecule has 2 heterocycles. The molecule has 0 spiro atoms. The fourth-order valence-electron chi connectivity index (χ4n) is 3.86. The van der Waals surface area contributed by atoms with Crippen LogP contribution in [0.1, 0.15) is 34.3 Å². The molecule has 0 aliphatic carbocycles. The zero-order chi connectivity index (χ0) is 28.4. The molecule has 13 heteroatoms. The number of aromatic nitrogens is 3. The number of amides is 2. The van der Waals surface area contributed by atoms with Crippen molar-refractivity contribution < 1.29 is 28.7 Å². The summed E-state index contributed by atoms with van der Waals surface area (Å²) in [5, 5.41) is 6.01. The van der Waals surface area contributed by atoms with E-state index in [0.717, 1.165) is 28.7 Å². The molecule has 2 amide bonds. The van der Waals surface area contributed by atoms with Crippen LogP contribution in [0.5, 0.6) is 0 Å². The maximum absolute atomic E-state index is 12.8. The van der Waals surface area contributed by atoms with Gasteiger partial charge in [0.25, 0.3) is 5.91 Å². The van der Waals surface area contributed by atoms with Crippen molar-refractivity contribution >= 4 is 46.6 Å². The van der Waals surface area contributed by atoms with Crippen molar-refractivity contribution in [3.05, 3.63) is 59.3 Å². The average Bonchev–Trinajstić information content (AvgIpc) is 3.34. The number of anilines is 2. The van der Waals surface area contributed by atoms with Crippen LogP contribution in [0.4, 0.5) is 11.8 Å². The van der Waals surface area contributed by atoms with Crippen molar-refractivity contribution in [1.82, 2.24) is 25.6 Å². The Morgan fingerprint density at radius 2 is 1.77 bits per heavy atom. The van der Waals surface area contributed by atoms with Gasteiger partial charge in [0, 0.05) is 30.5 Å². The van der Waals surface area contributed by atoms with Crippen molar-refractivity contribution in [3.63, 3.8) is 0 Å². The molecule has 0 aliphatic rings. The number of ether oxygens (including phenoxy) is 2. The number of rotatable bonds is 12. The maximum Gasteiger partial charge on any atom is 0.330 e. The van der Waals surface area contributed by atoms with E-state index in [1.165, 1.54) is 14.2 Å². The van der Waals surface area contributed by atoms with Gasteiger partial charge in [0.15, 0.2) is 0 Å². The number of carbonyl (C=O) groups excluding carboxylic acids is 4.